The van der Waals surface area contributed by atoms with E-state index in [0.717, 1.165) is 9.86 Å². The van der Waals surface area contributed by atoms with Gasteiger partial charge in [-0.2, -0.15) is 13.2 Å². The lowest BCUT2D eigenvalue weighted by molar-refractivity contribution is -0.187. The molecule has 8 heteroatoms. The van der Waals surface area contributed by atoms with Gasteiger partial charge in [-0.05, 0) is 30.3 Å². The first-order valence-electron chi connectivity index (χ1n) is 6.86. The number of fused-ring (bicyclic) bond motifs is 1. The first-order valence-corrected chi connectivity index (χ1v) is 7.66. The Bertz CT molecular complexity index is 766. The third-order valence-corrected chi connectivity index (χ3v) is 4.51. The lowest BCUT2D eigenvalue weighted by atomic mass is 9.96. The number of alkyl halides is 3. The highest BCUT2D eigenvalue weighted by molar-refractivity contribution is 9.10. The van der Waals surface area contributed by atoms with E-state index in [1.54, 1.807) is 24.3 Å². The molecule has 0 amide bonds. The molecule has 0 bridgehead atoms. The number of hydrogen-bond acceptors (Lipinski definition) is 3. The van der Waals surface area contributed by atoms with E-state index in [1.165, 1.54) is 4.90 Å². The summed E-state index contributed by atoms with van der Waals surface area (Å²) < 4.78 is 40.0. The van der Waals surface area contributed by atoms with Crippen LogP contribution in [-0.2, 0) is 4.79 Å². The molecule has 0 saturated carbocycles. The van der Waals surface area contributed by atoms with Crippen LogP contribution in [0.4, 0.5) is 19.0 Å². The SMILES string of the molecule is O=C(O)[C@@H]1CN(c2ccc3cc(Br)ccc3n2)C[C@H]1C(F)(F)F. The van der Waals surface area contributed by atoms with Gasteiger partial charge >= 0.3 is 12.1 Å². The van der Waals surface area contributed by atoms with E-state index in [-0.39, 0.29) is 6.54 Å². The number of aromatic nitrogens is 1. The normalized spacial score (nSPS) is 21.8. The maximum Gasteiger partial charge on any atom is 0.394 e. The Morgan fingerprint density at radius 3 is 2.61 bits per heavy atom. The van der Waals surface area contributed by atoms with Gasteiger partial charge in [0.05, 0.1) is 17.4 Å². The molecule has 23 heavy (non-hydrogen) atoms. The number of aliphatic carboxylic acids is 1. The minimum atomic E-state index is -4.54. The standard InChI is InChI=1S/C15H12BrF3N2O2/c16-9-2-3-12-8(5-9)1-4-13(20-12)21-6-10(14(22)23)11(7-21)15(17,18)19/h1-5,10-11H,6-7H2,(H,22,23)/t10-,11-/m1/s1. The zero-order valence-electron chi connectivity index (χ0n) is 11.7. The van der Waals surface area contributed by atoms with Crippen LogP contribution in [0.2, 0.25) is 0 Å². The number of hydrogen-bond donors (Lipinski definition) is 1. The van der Waals surface area contributed by atoms with E-state index in [2.05, 4.69) is 20.9 Å². The summed E-state index contributed by atoms with van der Waals surface area (Å²) in [5, 5.41) is 9.91. The molecule has 1 aromatic carbocycles. The summed E-state index contributed by atoms with van der Waals surface area (Å²) in [5.41, 5.74) is 0.646. The molecule has 1 fully saturated rings. The fraction of sp³-hybridized carbons (Fsp3) is 0.333. The molecule has 2 atom stereocenters. The molecule has 122 valence electrons. The minimum Gasteiger partial charge on any atom is -0.481 e. The number of rotatable bonds is 2. The molecule has 0 radical (unpaired) electrons. The molecule has 0 unspecified atom stereocenters. The van der Waals surface area contributed by atoms with Crippen LogP contribution in [0.1, 0.15) is 0 Å². The number of halogens is 4. The van der Waals surface area contributed by atoms with Crippen LogP contribution in [0, 0.1) is 11.8 Å². The second kappa shape index (κ2) is 5.67. The fourth-order valence-corrected chi connectivity index (χ4v) is 3.21. The smallest absolute Gasteiger partial charge is 0.394 e. The Balaban J connectivity index is 1.93. The largest absolute Gasteiger partial charge is 0.481 e. The molecule has 3 rings (SSSR count). The highest BCUT2D eigenvalue weighted by atomic mass is 79.9. The van der Waals surface area contributed by atoms with Gasteiger partial charge in [0.1, 0.15) is 5.82 Å². The number of carbonyl (C=O) groups is 1. The summed E-state index contributed by atoms with van der Waals surface area (Å²) in [5.74, 6) is -4.43. The van der Waals surface area contributed by atoms with Crippen molar-refractivity contribution in [2.75, 3.05) is 18.0 Å². The van der Waals surface area contributed by atoms with Crippen molar-refractivity contribution in [3.63, 3.8) is 0 Å². The van der Waals surface area contributed by atoms with Crippen LogP contribution in [0.15, 0.2) is 34.8 Å². The maximum atomic E-state index is 13.0. The molecule has 4 nitrogen and oxygen atoms in total. The van der Waals surface area contributed by atoms with Crippen molar-refractivity contribution in [1.82, 2.24) is 4.98 Å². The van der Waals surface area contributed by atoms with Crippen molar-refractivity contribution < 1.29 is 23.1 Å². The third kappa shape index (κ3) is 3.12. The summed E-state index contributed by atoms with van der Waals surface area (Å²) in [6.45, 7) is -0.593. The highest BCUT2D eigenvalue weighted by Crippen LogP contribution is 2.39. The first-order chi connectivity index (χ1) is 10.8. The van der Waals surface area contributed by atoms with E-state index in [1.807, 2.05) is 6.07 Å². The Kier molecular flexibility index (Phi) is 3.95. The van der Waals surface area contributed by atoms with Crippen molar-refractivity contribution in [1.29, 1.82) is 0 Å². The van der Waals surface area contributed by atoms with Crippen molar-refractivity contribution in [2.24, 2.45) is 11.8 Å². The van der Waals surface area contributed by atoms with Crippen molar-refractivity contribution in [3.8, 4) is 0 Å². The topological polar surface area (TPSA) is 53.4 Å². The molecule has 1 saturated heterocycles. The van der Waals surface area contributed by atoms with Crippen molar-refractivity contribution in [2.45, 2.75) is 6.18 Å². The Morgan fingerprint density at radius 2 is 2.00 bits per heavy atom. The zero-order chi connectivity index (χ0) is 16.8. The van der Waals surface area contributed by atoms with Gasteiger partial charge in [-0.3, -0.25) is 4.79 Å². The molecular weight excluding hydrogens is 377 g/mol. The Labute approximate surface area is 138 Å². The van der Waals surface area contributed by atoms with Crippen molar-refractivity contribution in [3.05, 3.63) is 34.8 Å². The van der Waals surface area contributed by atoms with Gasteiger partial charge in [0, 0.05) is 22.9 Å². The van der Waals surface area contributed by atoms with E-state index < -0.39 is 30.5 Å². The fourth-order valence-electron chi connectivity index (χ4n) is 2.83. The van der Waals surface area contributed by atoms with Gasteiger partial charge < -0.3 is 10.0 Å². The Hall–Kier alpha value is -1.83. The Morgan fingerprint density at radius 1 is 1.26 bits per heavy atom. The average Bonchev–Trinajstić information content (AvgIpc) is 2.92. The van der Waals surface area contributed by atoms with Gasteiger partial charge in [-0.25, -0.2) is 4.98 Å². The summed E-state index contributed by atoms with van der Waals surface area (Å²) >= 11 is 3.34. The quantitative estimate of drug-likeness (QED) is 0.851. The highest BCUT2D eigenvalue weighted by Gasteiger charge is 2.52. The van der Waals surface area contributed by atoms with Crippen LogP contribution in [0.3, 0.4) is 0 Å². The molecule has 1 aliphatic heterocycles. The van der Waals surface area contributed by atoms with Crippen molar-refractivity contribution >= 4 is 38.6 Å². The summed E-state index contributed by atoms with van der Waals surface area (Å²) in [6, 6.07) is 8.79. The number of benzene rings is 1. The van der Waals surface area contributed by atoms with Crippen LogP contribution < -0.4 is 4.90 Å². The van der Waals surface area contributed by atoms with E-state index in [9.17, 15) is 18.0 Å². The maximum absolute atomic E-state index is 13.0. The summed E-state index contributed by atoms with van der Waals surface area (Å²) in [7, 11) is 0. The van der Waals surface area contributed by atoms with E-state index in [0.29, 0.717) is 11.3 Å². The van der Waals surface area contributed by atoms with Gasteiger partial charge in [0.2, 0.25) is 0 Å². The number of nitrogens with zero attached hydrogens (tertiary/aromatic N) is 2. The predicted molar refractivity (Wildman–Crippen MR) is 82.3 cm³/mol. The van der Waals surface area contributed by atoms with E-state index >= 15 is 0 Å². The lowest BCUT2D eigenvalue weighted by Crippen LogP contribution is -2.33. The summed E-state index contributed by atoms with van der Waals surface area (Å²) in [4.78, 5) is 16.9. The third-order valence-electron chi connectivity index (χ3n) is 4.02. The van der Waals surface area contributed by atoms with Crippen LogP contribution in [0.25, 0.3) is 10.9 Å². The molecule has 1 aliphatic rings. The minimum absolute atomic E-state index is 0.200. The van der Waals surface area contributed by atoms with Gasteiger partial charge in [0.25, 0.3) is 0 Å². The molecule has 1 N–H and O–H groups in total. The number of carboxylic acids is 1. The molecule has 1 aromatic heterocycles. The number of anilines is 1. The predicted octanol–water partition coefficient (Wildman–Crippen LogP) is 3.70. The van der Waals surface area contributed by atoms with Crippen LogP contribution in [-0.4, -0.2) is 35.3 Å². The number of pyridine rings is 1. The molecule has 0 spiro atoms. The monoisotopic (exact) mass is 388 g/mol. The molecule has 2 aromatic rings. The average molecular weight is 389 g/mol. The summed E-state index contributed by atoms with van der Waals surface area (Å²) in [6.07, 6.45) is -4.54. The van der Waals surface area contributed by atoms with Gasteiger partial charge in [0.15, 0.2) is 0 Å². The van der Waals surface area contributed by atoms with Crippen LogP contribution in [0.5, 0.6) is 0 Å². The lowest BCUT2D eigenvalue weighted by Gasteiger charge is -2.19. The molecule has 2 heterocycles. The molecular formula is C15H12BrF3N2O2. The second-order valence-corrected chi connectivity index (χ2v) is 6.42. The molecule has 0 aliphatic carbocycles. The van der Waals surface area contributed by atoms with Crippen LogP contribution >= 0.6 is 15.9 Å². The van der Waals surface area contributed by atoms with Gasteiger partial charge in [-0.15, -0.1) is 0 Å². The second-order valence-electron chi connectivity index (χ2n) is 5.50. The van der Waals surface area contributed by atoms with E-state index in [4.69, 9.17) is 5.11 Å². The first kappa shape index (κ1) is 16.0. The zero-order valence-corrected chi connectivity index (χ0v) is 13.3. The number of carboxylic acid groups (broad SMARTS) is 1. The van der Waals surface area contributed by atoms with Gasteiger partial charge in [-0.1, -0.05) is 15.9 Å².